The minimum Gasteiger partial charge on any atom is -0.494 e. The average molecular weight is 293 g/mol. The van der Waals surface area contributed by atoms with Gasteiger partial charge in [-0.15, -0.1) is 0 Å². The summed E-state index contributed by atoms with van der Waals surface area (Å²) < 4.78 is 16.2. The Morgan fingerprint density at radius 1 is 1.24 bits per heavy atom. The molecule has 1 aliphatic rings. The lowest BCUT2D eigenvalue weighted by molar-refractivity contribution is -0.143. The van der Waals surface area contributed by atoms with Crippen molar-refractivity contribution < 1.29 is 19.0 Å². The van der Waals surface area contributed by atoms with Crippen LogP contribution in [0.4, 0.5) is 0 Å². The van der Waals surface area contributed by atoms with E-state index in [1.54, 1.807) is 6.92 Å². The number of ether oxygens (including phenoxy) is 3. The zero-order valence-corrected chi connectivity index (χ0v) is 12.7. The second-order valence-corrected chi connectivity index (χ2v) is 5.06. The Balaban J connectivity index is 2.05. The number of carbonyl (C=O) groups excluding carboxylic acids is 1. The van der Waals surface area contributed by atoms with Crippen LogP contribution in [0.3, 0.4) is 0 Å². The molecule has 0 saturated carbocycles. The standard InChI is InChI=1S/C16H23NO4/c1-3-19-13-8-11-7-12(17)9-14(11)15(10-13)21-6-5-16(18)20-4-2/h8,10,12H,3-7,9,17H2,1-2H3. The van der Waals surface area contributed by atoms with Crippen LogP contribution in [0.1, 0.15) is 31.4 Å². The zero-order valence-electron chi connectivity index (χ0n) is 12.7. The molecule has 0 saturated heterocycles. The Morgan fingerprint density at radius 2 is 2.05 bits per heavy atom. The monoisotopic (exact) mass is 293 g/mol. The Kier molecular flexibility index (Phi) is 5.44. The highest BCUT2D eigenvalue weighted by atomic mass is 16.5. The van der Waals surface area contributed by atoms with E-state index in [9.17, 15) is 4.79 Å². The summed E-state index contributed by atoms with van der Waals surface area (Å²) >= 11 is 0. The molecule has 1 atom stereocenters. The van der Waals surface area contributed by atoms with Crippen LogP contribution < -0.4 is 15.2 Å². The molecular weight excluding hydrogens is 270 g/mol. The van der Waals surface area contributed by atoms with Gasteiger partial charge in [0.2, 0.25) is 0 Å². The molecule has 1 aromatic carbocycles. The molecule has 2 rings (SSSR count). The lowest BCUT2D eigenvalue weighted by Gasteiger charge is -2.13. The molecule has 5 nitrogen and oxygen atoms in total. The van der Waals surface area contributed by atoms with Crippen molar-refractivity contribution in [2.45, 2.75) is 39.2 Å². The van der Waals surface area contributed by atoms with Gasteiger partial charge < -0.3 is 19.9 Å². The molecule has 0 spiro atoms. The number of benzene rings is 1. The van der Waals surface area contributed by atoms with E-state index in [2.05, 4.69) is 0 Å². The first-order valence-electron chi connectivity index (χ1n) is 7.46. The molecule has 21 heavy (non-hydrogen) atoms. The molecule has 0 fully saturated rings. The highest BCUT2D eigenvalue weighted by molar-refractivity contribution is 5.69. The van der Waals surface area contributed by atoms with E-state index in [1.807, 2.05) is 19.1 Å². The predicted octanol–water partition coefficient (Wildman–Crippen LogP) is 1.84. The van der Waals surface area contributed by atoms with Gasteiger partial charge in [-0.1, -0.05) is 0 Å². The van der Waals surface area contributed by atoms with E-state index in [1.165, 1.54) is 5.56 Å². The van der Waals surface area contributed by atoms with Gasteiger partial charge in [-0.3, -0.25) is 4.79 Å². The van der Waals surface area contributed by atoms with Crippen molar-refractivity contribution in [1.82, 2.24) is 0 Å². The Bertz CT molecular complexity index is 501. The van der Waals surface area contributed by atoms with Crippen LogP contribution in [0.2, 0.25) is 0 Å². The summed E-state index contributed by atoms with van der Waals surface area (Å²) in [4.78, 5) is 11.3. The summed E-state index contributed by atoms with van der Waals surface area (Å²) in [6.07, 6.45) is 1.88. The summed E-state index contributed by atoms with van der Waals surface area (Å²) in [6.45, 7) is 5.03. The van der Waals surface area contributed by atoms with Crippen molar-refractivity contribution in [3.05, 3.63) is 23.3 Å². The maximum Gasteiger partial charge on any atom is 0.309 e. The van der Waals surface area contributed by atoms with Gasteiger partial charge in [0.05, 0.1) is 26.2 Å². The lowest BCUT2D eigenvalue weighted by atomic mass is 10.1. The Labute approximate surface area is 125 Å². The summed E-state index contributed by atoms with van der Waals surface area (Å²) in [6, 6.07) is 4.04. The van der Waals surface area contributed by atoms with Crippen molar-refractivity contribution in [3.8, 4) is 11.5 Å². The van der Waals surface area contributed by atoms with E-state index >= 15 is 0 Å². The smallest absolute Gasteiger partial charge is 0.309 e. The third-order valence-corrected chi connectivity index (χ3v) is 3.40. The molecule has 0 aromatic heterocycles. The second kappa shape index (κ2) is 7.31. The molecule has 1 aromatic rings. The SMILES string of the molecule is CCOC(=O)CCOc1cc(OCC)cc2c1CC(N)C2. The van der Waals surface area contributed by atoms with E-state index in [-0.39, 0.29) is 18.4 Å². The number of rotatable bonds is 7. The summed E-state index contributed by atoms with van der Waals surface area (Å²) in [5, 5.41) is 0. The Hall–Kier alpha value is -1.75. The van der Waals surface area contributed by atoms with E-state index < -0.39 is 0 Å². The van der Waals surface area contributed by atoms with Gasteiger partial charge in [0.25, 0.3) is 0 Å². The van der Waals surface area contributed by atoms with Crippen LogP contribution in [0, 0.1) is 0 Å². The fraction of sp³-hybridized carbons (Fsp3) is 0.562. The molecule has 2 N–H and O–H groups in total. The molecule has 1 unspecified atom stereocenters. The van der Waals surface area contributed by atoms with Crippen LogP contribution >= 0.6 is 0 Å². The molecule has 5 heteroatoms. The number of fused-ring (bicyclic) bond motifs is 1. The average Bonchev–Trinajstić information content (AvgIpc) is 2.80. The molecule has 0 aliphatic heterocycles. The highest BCUT2D eigenvalue weighted by Crippen LogP contribution is 2.34. The maximum absolute atomic E-state index is 11.3. The van der Waals surface area contributed by atoms with E-state index in [0.29, 0.717) is 19.8 Å². The summed E-state index contributed by atoms with van der Waals surface area (Å²) in [7, 11) is 0. The quantitative estimate of drug-likeness (QED) is 0.777. The molecular formula is C16H23NO4. The third kappa shape index (κ3) is 4.11. The first kappa shape index (κ1) is 15.6. The molecule has 1 aliphatic carbocycles. The van der Waals surface area contributed by atoms with Crippen molar-refractivity contribution in [1.29, 1.82) is 0 Å². The Morgan fingerprint density at radius 3 is 2.76 bits per heavy atom. The largest absolute Gasteiger partial charge is 0.494 e. The molecule has 0 amide bonds. The molecule has 0 heterocycles. The molecule has 0 radical (unpaired) electrons. The van der Waals surface area contributed by atoms with Crippen LogP contribution in [0.15, 0.2) is 12.1 Å². The van der Waals surface area contributed by atoms with Crippen molar-refractivity contribution >= 4 is 5.97 Å². The van der Waals surface area contributed by atoms with Crippen molar-refractivity contribution in [3.63, 3.8) is 0 Å². The highest BCUT2D eigenvalue weighted by Gasteiger charge is 2.23. The fourth-order valence-corrected chi connectivity index (χ4v) is 2.56. The van der Waals surface area contributed by atoms with Gasteiger partial charge >= 0.3 is 5.97 Å². The molecule has 0 bridgehead atoms. The summed E-state index contributed by atoms with van der Waals surface area (Å²) in [5.74, 6) is 1.32. The minimum atomic E-state index is -0.244. The predicted molar refractivity (Wildman–Crippen MR) is 79.7 cm³/mol. The minimum absolute atomic E-state index is 0.129. The van der Waals surface area contributed by atoms with E-state index in [0.717, 1.165) is 29.9 Å². The van der Waals surface area contributed by atoms with Gasteiger partial charge in [0.1, 0.15) is 11.5 Å². The second-order valence-electron chi connectivity index (χ2n) is 5.06. The fourth-order valence-electron chi connectivity index (χ4n) is 2.56. The van der Waals surface area contributed by atoms with Gasteiger partial charge in [-0.25, -0.2) is 0 Å². The zero-order chi connectivity index (χ0) is 15.2. The van der Waals surface area contributed by atoms with Crippen LogP contribution in [-0.4, -0.2) is 31.8 Å². The number of hydrogen-bond donors (Lipinski definition) is 1. The maximum atomic E-state index is 11.3. The van der Waals surface area contributed by atoms with Gasteiger partial charge in [-0.2, -0.15) is 0 Å². The van der Waals surface area contributed by atoms with E-state index in [4.69, 9.17) is 19.9 Å². The first-order chi connectivity index (χ1) is 10.1. The normalized spacial score (nSPS) is 16.4. The molecule has 116 valence electrons. The van der Waals surface area contributed by atoms with Gasteiger partial charge in [0.15, 0.2) is 0 Å². The number of nitrogens with two attached hydrogens (primary N) is 1. The van der Waals surface area contributed by atoms with Crippen molar-refractivity contribution in [2.75, 3.05) is 19.8 Å². The van der Waals surface area contributed by atoms with Gasteiger partial charge in [0, 0.05) is 12.1 Å². The van der Waals surface area contributed by atoms with Gasteiger partial charge in [-0.05, 0) is 43.9 Å². The third-order valence-electron chi connectivity index (χ3n) is 3.40. The number of carbonyl (C=O) groups is 1. The number of hydrogen-bond acceptors (Lipinski definition) is 5. The van der Waals surface area contributed by atoms with Crippen LogP contribution in [0.25, 0.3) is 0 Å². The summed E-state index contributed by atoms with van der Waals surface area (Å²) in [5.41, 5.74) is 8.34. The first-order valence-corrected chi connectivity index (χ1v) is 7.46. The number of esters is 1. The van der Waals surface area contributed by atoms with Crippen molar-refractivity contribution in [2.24, 2.45) is 5.73 Å². The van der Waals surface area contributed by atoms with Crippen LogP contribution in [-0.2, 0) is 22.4 Å². The topological polar surface area (TPSA) is 70.8 Å². The lowest BCUT2D eigenvalue weighted by Crippen LogP contribution is -2.19. The van der Waals surface area contributed by atoms with Crippen LogP contribution in [0.5, 0.6) is 11.5 Å².